The van der Waals surface area contributed by atoms with E-state index in [2.05, 4.69) is 94.4 Å². The Morgan fingerprint density at radius 3 is 1.44 bits per heavy atom. The molecule has 0 aliphatic carbocycles. The summed E-state index contributed by atoms with van der Waals surface area (Å²) in [5.74, 6) is 0.620. The molecule has 1 unspecified atom stereocenters. The van der Waals surface area contributed by atoms with Crippen molar-refractivity contribution in [3.63, 3.8) is 0 Å². The van der Waals surface area contributed by atoms with E-state index in [1.54, 1.807) is 12.1 Å². The van der Waals surface area contributed by atoms with Gasteiger partial charge in [0.25, 0.3) is 0 Å². The molecule has 0 spiro atoms. The highest BCUT2D eigenvalue weighted by atomic mass is 16.3. The first-order valence-electron chi connectivity index (χ1n) is 16.8. The summed E-state index contributed by atoms with van der Waals surface area (Å²) < 4.78 is 1.42. The average molecular weight is 558 g/mol. The van der Waals surface area contributed by atoms with Crippen molar-refractivity contribution in [1.29, 1.82) is 0 Å². The van der Waals surface area contributed by atoms with Gasteiger partial charge in [0.05, 0.1) is 26.2 Å². The molecule has 0 saturated carbocycles. The molecule has 0 radical (unpaired) electrons. The standard InChI is InChI=1S/C23H24O.C16H36N/c24-23-13-7-10-20(18-23)15-17-22(21-11-5-2-6-12-21)16-14-19-8-3-1-4-9-19;1-5-9-13-17(14-10-6-2,15-11-7-3)16-12-8-4/h1-13,18,22,24H,14-17H2;5-16H2,1-4H3/q;+1/p-1. The predicted octanol–water partition coefficient (Wildman–Crippen LogP) is 10.1. The summed E-state index contributed by atoms with van der Waals surface area (Å²) in [7, 11) is 0. The molecule has 0 aromatic heterocycles. The van der Waals surface area contributed by atoms with Crippen LogP contribution in [0.3, 0.4) is 0 Å². The van der Waals surface area contributed by atoms with Crippen LogP contribution < -0.4 is 5.11 Å². The fourth-order valence-corrected chi connectivity index (χ4v) is 5.88. The second kappa shape index (κ2) is 21.2. The molecule has 0 saturated heterocycles. The van der Waals surface area contributed by atoms with Gasteiger partial charge < -0.3 is 9.59 Å². The zero-order valence-electron chi connectivity index (χ0n) is 26.8. The lowest BCUT2D eigenvalue weighted by Crippen LogP contribution is -2.50. The first-order chi connectivity index (χ1) is 20.1. The van der Waals surface area contributed by atoms with Gasteiger partial charge in [-0.25, -0.2) is 0 Å². The largest absolute Gasteiger partial charge is 0.872 e. The van der Waals surface area contributed by atoms with Crippen LogP contribution >= 0.6 is 0 Å². The Bertz CT molecular complexity index is 978. The molecule has 0 aliphatic rings. The van der Waals surface area contributed by atoms with E-state index in [4.69, 9.17) is 0 Å². The van der Waals surface area contributed by atoms with Crippen LogP contribution in [-0.2, 0) is 12.8 Å². The van der Waals surface area contributed by atoms with E-state index in [1.807, 2.05) is 6.07 Å². The van der Waals surface area contributed by atoms with Gasteiger partial charge >= 0.3 is 0 Å². The maximum absolute atomic E-state index is 11.5. The highest BCUT2D eigenvalue weighted by Crippen LogP contribution is 2.27. The molecule has 0 N–H and O–H groups in total. The maximum atomic E-state index is 11.5. The van der Waals surface area contributed by atoms with Gasteiger partial charge in [-0.3, -0.25) is 0 Å². The van der Waals surface area contributed by atoms with Crippen LogP contribution in [0, 0.1) is 0 Å². The lowest BCUT2D eigenvalue weighted by atomic mass is 9.87. The van der Waals surface area contributed by atoms with Gasteiger partial charge in [0.2, 0.25) is 0 Å². The van der Waals surface area contributed by atoms with Crippen LogP contribution in [0.2, 0.25) is 0 Å². The maximum Gasteiger partial charge on any atom is 0.0786 e. The number of unbranched alkanes of at least 4 members (excludes halogenated alkanes) is 4. The van der Waals surface area contributed by atoms with Crippen molar-refractivity contribution in [2.45, 2.75) is 111 Å². The van der Waals surface area contributed by atoms with Crippen LogP contribution in [0.5, 0.6) is 5.75 Å². The van der Waals surface area contributed by atoms with Gasteiger partial charge in [0, 0.05) is 0 Å². The third kappa shape index (κ3) is 14.2. The third-order valence-electron chi connectivity index (χ3n) is 8.52. The summed E-state index contributed by atoms with van der Waals surface area (Å²) in [6, 6.07) is 28.7. The number of rotatable bonds is 19. The number of aryl methyl sites for hydroxylation is 2. The molecule has 0 bridgehead atoms. The van der Waals surface area contributed by atoms with Crippen molar-refractivity contribution in [1.82, 2.24) is 0 Å². The molecule has 2 nitrogen and oxygen atoms in total. The average Bonchev–Trinajstić information content (AvgIpc) is 3.02. The minimum absolute atomic E-state index is 0.105. The fourth-order valence-electron chi connectivity index (χ4n) is 5.88. The van der Waals surface area contributed by atoms with E-state index < -0.39 is 0 Å². The molecule has 3 aromatic rings. The monoisotopic (exact) mass is 557 g/mol. The predicted molar refractivity (Wildman–Crippen MR) is 178 cm³/mol. The molecule has 3 aromatic carbocycles. The molecule has 1 atom stereocenters. The Hall–Kier alpha value is -2.58. The SMILES string of the molecule is CCCC[N+](CCCC)(CCCC)CCCC.[O-]c1cccc(CCC(CCc2ccccc2)c2ccccc2)c1. The van der Waals surface area contributed by atoms with Crippen LogP contribution in [-0.4, -0.2) is 30.7 Å². The van der Waals surface area contributed by atoms with E-state index in [9.17, 15) is 5.11 Å². The van der Waals surface area contributed by atoms with Crippen molar-refractivity contribution in [3.05, 3.63) is 102 Å². The normalized spacial score (nSPS) is 12.0. The van der Waals surface area contributed by atoms with Gasteiger partial charge in [0.1, 0.15) is 0 Å². The van der Waals surface area contributed by atoms with E-state index in [0.29, 0.717) is 5.92 Å². The van der Waals surface area contributed by atoms with Gasteiger partial charge in [-0.2, -0.15) is 0 Å². The number of quaternary nitrogens is 1. The highest BCUT2D eigenvalue weighted by Gasteiger charge is 2.24. The number of nitrogens with zero attached hydrogens (tertiary/aromatic N) is 1. The fraction of sp³-hybridized carbons (Fsp3) is 0.538. The second-order valence-corrected chi connectivity index (χ2v) is 12.0. The van der Waals surface area contributed by atoms with Gasteiger partial charge in [-0.1, -0.05) is 138 Å². The molecule has 0 heterocycles. The van der Waals surface area contributed by atoms with Crippen LogP contribution in [0.4, 0.5) is 0 Å². The smallest absolute Gasteiger partial charge is 0.0786 e. The van der Waals surface area contributed by atoms with E-state index in [0.717, 1.165) is 31.2 Å². The lowest BCUT2D eigenvalue weighted by molar-refractivity contribution is -0.929. The Morgan fingerprint density at radius 1 is 0.537 bits per heavy atom. The topological polar surface area (TPSA) is 23.1 Å². The number of hydrogen-bond donors (Lipinski definition) is 0. The molecule has 0 aliphatic heterocycles. The molecule has 41 heavy (non-hydrogen) atoms. The Kier molecular flexibility index (Phi) is 17.9. The van der Waals surface area contributed by atoms with Crippen molar-refractivity contribution in [2.75, 3.05) is 26.2 Å². The van der Waals surface area contributed by atoms with Crippen LogP contribution in [0.15, 0.2) is 84.9 Å². The van der Waals surface area contributed by atoms with Crippen LogP contribution in [0.1, 0.15) is 115 Å². The lowest BCUT2D eigenvalue weighted by Gasteiger charge is -2.39. The van der Waals surface area contributed by atoms with Crippen molar-refractivity contribution < 1.29 is 9.59 Å². The molecule has 0 amide bonds. The Balaban J connectivity index is 0.000000307. The highest BCUT2D eigenvalue weighted by molar-refractivity contribution is 5.27. The van der Waals surface area contributed by atoms with Crippen molar-refractivity contribution in [2.24, 2.45) is 0 Å². The third-order valence-corrected chi connectivity index (χ3v) is 8.52. The summed E-state index contributed by atoms with van der Waals surface area (Å²) >= 11 is 0. The van der Waals surface area contributed by atoms with E-state index >= 15 is 0 Å². The molecule has 0 fully saturated rings. The zero-order valence-corrected chi connectivity index (χ0v) is 26.8. The first-order valence-corrected chi connectivity index (χ1v) is 16.8. The molecule has 226 valence electrons. The van der Waals surface area contributed by atoms with Gasteiger partial charge in [-0.05, 0) is 74.0 Å². The summed E-state index contributed by atoms with van der Waals surface area (Å²) in [4.78, 5) is 0. The first kappa shape index (κ1) is 34.6. The van der Waals surface area contributed by atoms with E-state index in [1.165, 1.54) is 93.2 Å². The second-order valence-electron chi connectivity index (χ2n) is 12.0. The van der Waals surface area contributed by atoms with Crippen molar-refractivity contribution in [3.8, 4) is 5.75 Å². The summed E-state index contributed by atoms with van der Waals surface area (Å²) in [6.45, 7) is 15.0. The van der Waals surface area contributed by atoms with Crippen molar-refractivity contribution >= 4 is 0 Å². The van der Waals surface area contributed by atoms with Gasteiger partial charge in [-0.15, -0.1) is 5.75 Å². The minimum atomic E-state index is 0.105. The Labute approximate surface area is 253 Å². The zero-order chi connectivity index (χ0) is 29.6. The van der Waals surface area contributed by atoms with Crippen LogP contribution in [0.25, 0.3) is 0 Å². The summed E-state index contributed by atoms with van der Waals surface area (Å²) in [6.07, 6.45) is 15.3. The Morgan fingerprint density at radius 2 is 0.976 bits per heavy atom. The minimum Gasteiger partial charge on any atom is -0.872 e. The number of benzene rings is 3. The van der Waals surface area contributed by atoms with E-state index in [-0.39, 0.29) is 5.75 Å². The summed E-state index contributed by atoms with van der Waals surface area (Å²) in [5, 5.41) is 11.5. The quantitative estimate of drug-likeness (QED) is 0.134. The molecular weight excluding hydrogens is 498 g/mol. The van der Waals surface area contributed by atoms with Gasteiger partial charge in [0.15, 0.2) is 0 Å². The summed E-state index contributed by atoms with van der Waals surface area (Å²) in [5.41, 5.74) is 3.93. The molecular formula is C39H59NO. The molecule has 2 heteroatoms. The number of hydrogen-bond acceptors (Lipinski definition) is 1. The molecule has 3 rings (SSSR count).